The van der Waals surface area contributed by atoms with E-state index in [1.807, 2.05) is 20.8 Å². The Morgan fingerprint density at radius 2 is 1.29 bits per heavy atom. The monoisotopic (exact) mass is 1500 g/mol. The molecule has 2 spiro atoms. The van der Waals surface area contributed by atoms with Crippen molar-refractivity contribution in [2.24, 2.45) is 16.7 Å². The number of fused-ring (bicyclic) bond motifs is 3. The zero-order chi connectivity index (χ0) is 78.3. The molecular formula is C74H103ClF6N12O12. The topological polar surface area (TPSA) is 270 Å². The number of carbonyl (C=O) groups excluding carboxylic acids is 12. The first kappa shape index (κ1) is 84.0. The van der Waals surface area contributed by atoms with Gasteiger partial charge in [-0.25, -0.2) is 0 Å². The molecule has 12 amide bonds. The van der Waals surface area contributed by atoms with Gasteiger partial charge in [-0.15, -0.1) is 0 Å². The van der Waals surface area contributed by atoms with Crippen LogP contribution in [0.3, 0.4) is 0 Å². The maximum absolute atomic E-state index is 15.5. The largest absolute Gasteiger partial charge is 0.417 e. The molecule has 2 saturated carbocycles. The molecular weight excluding hydrogens is 1400 g/mol. The summed E-state index contributed by atoms with van der Waals surface area (Å²) in [7, 11) is 10.8. The Bertz CT molecular complexity index is 3620. The summed E-state index contributed by atoms with van der Waals surface area (Å²) in [5.74, 6) is -9.83. The number of rotatable bonds is 11. The summed E-state index contributed by atoms with van der Waals surface area (Å²) in [4.78, 5) is 190. The van der Waals surface area contributed by atoms with Crippen molar-refractivity contribution >= 4 is 82.5 Å². The number of carbonyl (C=O) groups is 12. The number of nitrogens with one attached hydrogen (secondary N) is 3. The summed E-state index contributed by atoms with van der Waals surface area (Å²) in [5.41, 5.74) is -4.63. The molecule has 31 heteroatoms. The van der Waals surface area contributed by atoms with Crippen LogP contribution in [-0.4, -0.2) is 251 Å². The fourth-order valence-electron chi connectivity index (χ4n) is 14.3. The molecule has 580 valence electrons. The van der Waals surface area contributed by atoms with Crippen LogP contribution in [0.15, 0.2) is 54.6 Å². The summed E-state index contributed by atoms with van der Waals surface area (Å²) in [5, 5.41) is 7.88. The average Bonchev–Trinajstić information content (AvgIpc) is 1.62. The van der Waals surface area contributed by atoms with E-state index in [1.54, 1.807) is 32.9 Å². The fourth-order valence-corrected chi connectivity index (χ4v) is 14.6. The van der Waals surface area contributed by atoms with Crippen LogP contribution in [0.4, 0.5) is 26.3 Å². The van der Waals surface area contributed by atoms with E-state index in [9.17, 15) is 55.1 Å². The lowest BCUT2D eigenvalue weighted by Gasteiger charge is -2.46. The van der Waals surface area contributed by atoms with Gasteiger partial charge in [0.15, 0.2) is 0 Å². The van der Waals surface area contributed by atoms with Crippen molar-refractivity contribution in [2.45, 2.75) is 211 Å². The smallest absolute Gasteiger partial charge is 0.347 e. The van der Waals surface area contributed by atoms with Crippen molar-refractivity contribution in [1.29, 1.82) is 0 Å². The van der Waals surface area contributed by atoms with Gasteiger partial charge < -0.3 is 60.0 Å². The summed E-state index contributed by atoms with van der Waals surface area (Å²) in [6.07, 6.45) is -5.02. The van der Waals surface area contributed by atoms with Crippen LogP contribution >= 0.6 is 11.6 Å². The van der Waals surface area contributed by atoms with Crippen molar-refractivity contribution in [3.8, 4) is 0 Å². The van der Waals surface area contributed by atoms with Crippen LogP contribution in [0.25, 0.3) is 0 Å². The Kier molecular flexibility index (Phi) is 27.2. The highest BCUT2D eigenvalue weighted by molar-refractivity contribution is 6.31. The van der Waals surface area contributed by atoms with Gasteiger partial charge in [0.25, 0.3) is 0 Å². The minimum atomic E-state index is -4.82. The highest BCUT2D eigenvalue weighted by Gasteiger charge is 2.58. The molecule has 2 bridgehead atoms. The van der Waals surface area contributed by atoms with Crippen molar-refractivity contribution in [3.05, 3.63) is 81.9 Å². The van der Waals surface area contributed by atoms with Crippen molar-refractivity contribution in [3.63, 3.8) is 0 Å². The highest BCUT2D eigenvalue weighted by Crippen LogP contribution is 2.55. The molecule has 5 aliphatic rings. The summed E-state index contributed by atoms with van der Waals surface area (Å²) in [6, 6.07) is -4.27. The minimum Gasteiger partial charge on any atom is -0.347 e. The number of benzene rings is 2. The first-order valence-electron chi connectivity index (χ1n) is 35.9. The second-order valence-electron chi connectivity index (χ2n) is 30.7. The van der Waals surface area contributed by atoms with Gasteiger partial charge in [0.05, 0.1) is 35.7 Å². The number of likely N-dealkylation sites (N-methyl/N-ethyl adjacent to an activating group) is 7. The predicted molar refractivity (Wildman–Crippen MR) is 377 cm³/mol. The van der Waals surface area contributed by atoms with Gasteiger partial charge in [0.1, 0.15) is 53.9 Å². The maximum Gasteiger partial charge on any atom is 0.417 e. The van der Waals surface area contributed by atoms with Gasteiger partial charge in [0, 0.05) is 75.9 Å². The Morgan fingerprint density at radius 1 is 0.657 bits per heavy atom. The summed E-state index contributed by atoms with van der Waals surface area (Å²) in [6.45, 7) is 9.09. The Labute approximate surface area is 615 Å². The number of nitrogens with zero attached hydrogens (tertiary/aromatic N) is 9. The molecule has 1 unspecified atom stereocenters. The lowest BCUT2D eigenvalue weighted by Crippen LogP contribution is -2.68. The van der Waals surface area contributed by atoms with E-state index in [2.05, 4.69) is 16.0 Å². The second-order valence-corrected chi connectivity index (χ2v) is 31.1. The van der Waals surface area contributed by atoms with Crippen LogP contribution in [0.1, 0.15) is 154 Å². The number of aryl methyl sites for hydroxylation is 1. The third-order valence-corrected chi connectivity index (χ3v) is 21.7. The predicted octanol–water partition coefficient (Wildman–Crippen LogP) is 6.49. The maximum atomic E-state index is 15.5. The number of amides is 12. The lowest BCUT2D eigenvalue weighted by atomic mass is 9.74. The number of hydrogen-bond acceptors (Lipinski definition) is 12. The van der Waals surface area contributed by atoms with Crippen LogP contribution in [0.2, 0.25) is 5.02 Å². The number of hydrogen-bond donors (Lipinski definition) is 3. The molecule has 2 aromatic carbocycles. The zero-order valence-electron chi connectivity index (χ0n) is 62.6. The summed E-state index contributed by atoms with van der Waals surface area (Å²) >= 11 is 6.17. The van der Waals surface area contributed by atoms with Gasteiger partial charge in [-0.3, -0.25) is 57.5 Å². The standard InChI is InChI=1S/C74H103ClF6N12O12/c1-15-21-51-61(97)83-60(44(3)16-2)68(104)87(10)42-59(96)89(12)52-22-18-17-19-35-92(67(52)103)54(37-46-23-27-47(28-24-46)73(76,77)78)65(101)86(9)41-57(94)82-50(30-26-45-25-29-48(49(75)36-45)74(79,80)81)63(99)93-43-71(33-34-71)40-55(93)62(98)84-72(31-20-32-72)69(105)91(14)56(39-70(4,5)6)66(102)90(13)53(64(100)85(7)8)38-58(95)88(51)11/h17-18,23-25,27-29,36,44,50-56,60H,15-16,19-22,26,30-35,37-43H2,1-14H3,(H,82,94)(H,83,97)(H,84,98)/b18-17-/t44-,50?,51-,52-,53-,54-,55-,56-,60-/m0/s1. The van der Waals surface area contributed by atoms with E-state index in [0.717, 1.165) is 67.0 Å². The Hall–Kier alpha value is -8.31. The van der Waals surface area contributed by atoms with Crippen LogP contribution < -0.4 is 16.0 Å². The summed E-state index contributed by atoms with van der Waals surface area (Å²) < 4.78 is 83.7. The van der Waals surface area contributed by atoms with E-state index < -0.39 is 196 Å². The van der Waals surface area contributed by atoms with Crippen LogP contribution in [-0.2, 0) is 82.7 Å². The molecule has 0 radical (unpaired) electrons. The van der Waals surface area contributed by atoms with Gasteiger partial charge in [-0.05, 0) is 129 Å². The van der Waals surface area contributed by atoms with E-state index >= 15 is 28.8 Å². The normalized spacial score (nSPS) is 25.9. The van der Waals surface area contributed by atoms with Crippen LogP contribution in [0, 0.1) is 16.7 Å². The average molecular weight is 1500 g/mol. The molecule has 2 saturated heterocycles. The van der Waals surface area contributed by atoms with Gasteiger partial charge in [0.2, 0.25) is 70.9 Å². The Balaban J connectivity index is 1.33. The van der Waals surface area contributed by atoms with Crippen molar-refractivity contribution in [1.82, 2.24) is 60.0 Å². The third kappa shape index (κ3) is 20.2. The molecule has 3 heterocycles. The molecule has 24 nitrogen and oxygen atoms in total. The lowest BCUT2D eigenvalue weighted by molar-refractivity contribution is -0.157. The Morgan fingerprint density at radius 3 is 1.84 bits per heavy atom. The zero-order valence-corrected chi connectivity index (χ0v) is 63.4. The molecule has 105 heavy (non-hydrogen) atoms. The molecule has 3 aliphatic heterocycles. The fraction of sp³-hybridized carbons (Fsp3) is 0.649. The SMILES string of the molecule is CCC[C@H]1C(=O)N[C@@H]([C@@H](C)CC)C(=O)N(C)CC(=O)N(C)[C@H]2C/C=C\CCN(C2=O)[C@@H](Cc2ccc(C(F)(F)F)cc2)C(=O)N(C)CC(=O)NC(CCc2ccc(C(F)(F)F)c(Cl)c2)C(=O)N2CC3(CC3)C[C@H]2C(=O)NC2(CCC2)C(=O)N(C)[C@@H](CC(C)(C)C)C(=O)N(C)[C@H](C(=O)N(C)C)CC(=O)N1C. The first-order valence-corrected chi connectivity index (χ1v) is 36.2. The molecule has 2 aliphatic carbocycles. The number of alkyl halides is 6. The first-order chi connectivity index (χ1) is 48.9. The van der Waals surface area contributed by atoms with E-state index in [-0.39, 0.29) is 82.0 Å². The minimum absolute atomic E-state index is 0.00764. The van der Waals surface area contributed by atoms with Crippen molar-refractivity contribution in [2.75, 3.05) is 82.6 Å². The second kappa shape index (κ2) is 34.1. The molecule has 2 aromatic rings. The van der Waals surface area contributed by atoms with Crippen molar-refractivity contribution < 1.29 is 83.9 Å². The quantitative estimate of drug-likeness (QED) is 0.161. The van der Waals surface area contributed by atoms with E-state index in [4.69, 9.17) is 11.6 Å². The molecule has 7 rings (SSSR count). The van der Waals surface area contributed by atoms with Gasteiger partial charge >= 0.3 is 12.4 Å². The number of halogens is 7. The van der Waals surface area contributed by atoms with Crippen LogP contribution in [0.5, 0.6) is 0 Å². The molecule has 3 N–H and O–H groups in total. The third-order valence-electron chi connectivity index (χ3n) is 21.4. The van der Waals surface area contributed by atoms with Gasteiger partial charge in [-0.2, -0.15) is 26.3 Å². The van der Waals surface area contributed by atoms with E-state index in [0.29, 0.717) is 32.1 Å². The highest BCUT2D eigenvalue weighted by atomic mass is 35.5. The molecule has 9 atom stereocenters. The van der Waals surface area contributed by atoms with Gasteiger partial charge in [-0.1, -0.05) is 96.3 Å². The molecule has 0 aromatic heterocycles. The molecule has 4 fully saturated rings. The van der Waals surface area contributed by atoms with E-state index in [1.165, 1.54) is 76.0 Å².